The SMILES string of the molecule is Cn1nnnc1-c1cccc(NCc2nnnn2-c2ccc(S(C)(=O)=O)cc2)c1. The van der Waals surface area contributed by atoms with Crippen LogP contribution in [0.4, 0.5) is 5.69 Å². The summed E-state index contributed by atoms with van der Waals surface area (Å²) in [6, 6.07) is 14.1. The lowest BCUT2D eigenvalue weighted by atomic mass is 10.2. The Balaban J connectivity index is 1.53. The fourth-order valence-corrected chi connectivity index (χ4v) is 3.40. The summed E-state index contributed by atoms with van der Waals surface area (Å²) in [5.74, 6) is 1.23. The van der Waals surface area contributed by atoms with Crippen molar-refractivity contribution in [2.24, 2.45) is 7.05 Å². The van der Waals surface area contributed by atoms with Crippen molar-refractivity contribution < 1.29 is 8.42 Å². The number of benzene rings is 2. The van der Waals surface area contributed by atoms with E-state index in [0.717, 1.165) is 11.3 Å². The summed E-state index contributed by atoms with van der Waals surface area (Å²) in [5, 5.41) is 26.6. The van der Waals surface area contributed by atoms with E-state index in [9.17, 15) is 8.42 Å². The maximum Gasteiger partial charge on any atom is 0.181 e. The third-order valence-corrected chi connectivity index (χ3v) is 5.36. The number of nitrogens with one attached hydrogen (secondary N) is 1. The Morgan fingerprint density at radius 1 is 1.00 bits per heavy atom. The molecular weight excluding hydrogens is 394 g/mol. The van der Waals surface area contributed by atoms with E-state index in [1.165, 1.54) is 18.4 Å². The minimum absolute atomic E-state index is 0.240. The van der Waals surface area contributed by atoms with Crippen molar-refractivity contribution in [2.75, 3.05) is 11.6 Å². The molecule has 148 valence electrons. The van der Waals surface area contributed by atoms with Crippen LogP contribution in [0, 0.1) is 0 Å². The van der Waals surface area contributed by atoms with Crippen LogP contribution in [0.25, 0.3) is 17.1 Å². The molecule has 0 amide bonds. The molecule has 0 aliphatic heterocycles. The number of aryl methyl sites for hydroxylation is 1. The number of aromatic nitrogens is 8. The van der Waals surface area contributed by atoms with E-state index in [1.54, 1.807) is 28.5 Å². The normalized spacial score (nSPS) is 11.5. The highest BCUT2D eigenvalue weighted by atomic mass is 32.2. The predicted octanol–water partition coefficient (Wildman–Crippen LogP) is 0.868. The van der Waals surface area contributed by atoms with Crippen molar-refractivity contribution >= 4 is 15.5 Å². The zero-order valence-electron chi connectivity index (χ0n) is 15.6. The summed E-state index contributed by atoms with van der Waals surface area (Å²) < 4.78 is 26.4. The van der Waals surface area contributed by atoms with Crippen molar-refractivity contribution in [3.63, 3.8) is 0 Å². The molecule has 0 bridgehead atoms. The molecule has 2 heterocycles. The van der Waals surface area contributed by atoms with Gasteiger partial charge in [0.15, 0.2) is 21.5 Å². The topological polar surface area (TPSA) is 133 Å². The van der Waals surface area contributed by atoms with Crippen LogP contribution in [-0.2, 0) is 23.4 Å². The predicted molar refractivity (Wildman–Crippen MR) is 104 cm³/mol. The number of nitrogens with zero attached hydrogens (tertiary/aromatic N) is 8. The summed E-state index contributed by atoms with van der Waals surface area (Å²) in [4.78, 5) is 0.240. The van der Waals surface area contributed by atoms with Crippen LogP contribution >= 0.6 is 0 Å². The first-order valence-corrected chi connectivity index (χ1v) is 10.5. The Morgan fingerprint density at radius 2 is 1.76 bits per heavy atom. The van der Waals surface area contributed by atoms with Crippen molar-refractivity contribution in [3.8, 4) is 17.1 Å². The summed E-state index contributed by atoms with van der Waals surface area (Å²) in [6.07, 6.45) is 1.17. The molecule has 0 atom stereocenters. The number of tetrazole rings is 2. The number of sulfone groups is 1. The van der Waals surface area contributed by atoms with Gasteiger partial charge in [-0.1, -0.05) is 12.1 Å². The lowest BCUT2D eigenvalue weighted by Crippen LogP contribution is -2.09. The van der Waals surface area contributed by atoms with E-state index in [0.29, 0.717) is 23.9 Å². The average Bonchev–Trinajstić information content (AvgIpc) is 3.35. The minimum atomic E-state index is -3.26. The van der Waals surface area contributed by atoms with Gasteiger partial charge in [0.2, 0.25) is 0 Å². The molecular formula is C17H17N9O2S. The second-order valence-corrected chi connectivity index (χ2v) is 8.35. The van der Waals surface area contributed by atoms with Gasteiger partial charge in [-0.2, -0.15) is 4.68 Å². The molecule has 0 radical (unpaired) electrons. The Kier molecular flexibility index (Phi) is 4.76. The van der Waals surface area contributed by atoms with Crippen LogP contribution in [0.3, 0.4) is 0 Å². The lowest BCUT2D eigenvalue weighted by molar-refractivity contribution is 0.602. The molecule has 2 aromatic heterocycles. The number of hydrogen-bond acceptors (Lipinski definition) is 9. The van der Waals surface area contributed by atoms with Gasteiger partial charge < -0.3 is 5.32 Å². The van der Waals surface area contributed by atoms with Gasteiger partial charge in [-0.3, -0.25) is 0 Å². The first-order chi connectivity index (χ1) is 13.9. The van der Waals surface area contributed by atoms with Gasteiger partial charge >= 0.3 is 0 Å². The number of hydrogen-bond donors (Lipinski definition) is 1. The lowest BCUT2D eigenvalue weighted by Gasteiger charge is -2.09. The molecule has 0 aliphatic carbocycles. The van der Waals surface area contributed by atoms with E-state index in [1.807, 2.05) is 24.3 Å². The first-order valence-electron chi connectivity index (χ1n) is 8.56. The molecule has 0 saturated heterocycles. The molecule has 2 aromatic carbocycles. The molecule has 12 heteroatoms. The van der Waals surface area contributed by atoms with E-state index < -0.39 is 9.84 Å². The molecule has 0 aliphatic rings. The van der Waals surface area contributed by atoms with Crippen LogP contribution in [-0.4, -0.2) is 55.1 Å². The third kappa shape index (κ3) is 3.96. The fraction of sp³-hybridized carbons (Fsp3) is 0.176. The van der Waals surface area contributed by atoms with E-state index >= 15 is 0 Å². The van der Waals surface area contributed by atoms with Crippen LogP contribution in [0.15, 0.2) is 53.4 Å². The molecule has 11 nitrogen and oxygen atoms in total. The highest BCUT2D eigenvalue weighted by Crippen LogP contribution is 2.20. The smallest absolute Gasteiger partial charge is 0.181 e. The first kappa shape index (κ1) is 18.7. The Bertz CT molecular complexity index is 1250. The van der Waals surface area contributed by atoms with Gasteiger partial charge in [0.05, 0.1) is 17.1 Å². The minimum Gasteiger partial charge on any atom is -0.378 e. The van der Waals surface area contributed by atoms with Crippen LogP contribution in [0.5, 0.6) is 0 Å². The molecule has 4 aromatic rings. The molecule has 0 saturated carbocycles. The van der Waals surface area contributed by atoms with Crippen molar-refractivity contribution in [1.82, 2.24) is 40.4 Å². The van der Waals surface area contributed by atoms with E-state index in [-0.39, 0.29) is 4.90 Å². The van der Waals surface area contributed by atoms with E-state index in [4.69, 9.17) is 0 Å². The highest BCUT2D eigenvalue weighted by molar-refractivity contribution is 7.90. The zero-order chi connectivity index (χ0) is 20.4. The maximum atomic E-state index is 11.6. The number of anilines is 1. The summed E-state index contributed by atoms with van der Waals surface area (Å²) in [6.45, 7) is 0.362. The summed E-state index contributed by atoms with van der Waals surface area (Å²) >= 11 is 0. The van der Waals surface area contributed by atoms with Crippen molar-refractivity contribution in [2.45, 2.75) is 11.4 Å². The molecule has 0 fully saturated rings. The molecule has 0 unspecified atom stereocenters. The molecule has 29 heavy (non-hydrogen) atoms. The summed E-state index contributed by atoms with van der Waals surface area (Å²) in [7, 11) is -1.48. The second-order valence-electron chi connectivity index (χ2n) is 6.33. The molecule has 0 spiro atoms. The van der Waals surface area contributed by atoms with E-state index in [2.05, 4.69) is 36.4 Å². The molecule has 4 rings (SSSR count). The van der Waals surface area contributed by atoms with Gasteiger partial charge in [0.25, 0.3) is 0 Å². The maximum absolute atomic E-state index is 11.6. The quantitative estimate of drug-likeness (QED) is 0.490. The second kappa shape index (κ2) is 7.39. The van der Waals surface area contributed by atoms with Crippen LogP contribution < -0.4 is 5.32 Å². The number of rotatable bonds is 6. The standard InChI is InChI=1S/C17H17N9O2S/c1-25-17(20-22-23-25)12-4-3-5-13(10-12)18-11-16-19-21-24-26(16)14-6-8-15(9-7-14)29(2,27)28/h3-10,18H,11H2,1-2H3. The Labute approximate surface area is 166 Å². The largest absolute Gasteiger partial charge is 0.378 e. The van der Waals surface area contributed by atoms with Gasteiger partial charge in [-0.25, -0.2) is 13.1 Å². The third-order valence-electron chi connectivity index (χ3n) is 4.24. The van der Waals surface area contributed by atoms with Crippen molar-refractivity contribution in [1.29, 1.82) is 0 Å². The van der Waals surface area contributed by atoms with Crippen LogP contribution in [0.1, 0.15) is 5.82 Å². The average molecular weight is 411 g/mol. The van der Waals surface area contributed by atoms with Gasteiger partial charge in [0, 0.05) is 24.6 Å². The highest BCUT2D eigenvalue weighted by Gasteiger charge is 2.12. The van der Waals surface area contributed by atoms with Crippen LogP contribution in [0.2, 0.25) is 0 Å². The van der Waals surface area contributed by atoms with Gasteiger partial charge in [-0.15, -0.1) is 10.2 Å². The monoisotopic (exact) mass is 411 g/mol. The molecule has 1 N–H and O–H groups in total. The Morgan fingerprint density at radius 3 is 2.45 bits per heavy atom. The Hall–Kier alpha value is -3.67. The van der Waals surface area contributed by atoms with Gasteiger partial charge in [-0.05, 0) is 57.3 Å². The summed E-state index contributed by atoms with van der Waals surface area (Å²) in [5.41, 5.74) is 2.39. The van der Waals surface area contributed by atoms with Crippen molar-refractivity contribution in [3.05, 3.63) is 54.4 Å². The van der Waals surface area contributed by atoms with Gasteiger partial charge in [0.1, 0.15) is 0 Å². The fourth-order valence-electron chi connectivity index (χ4n) is 2.77. The zero-order valence-corrected chi connectivity index (χ0v) is 16.4.